The third-order valence-corrected chi connectivity index (χ3v) is 12.2. The Morgan fingerprint density at radius 2 is 1.75 bits per heavy atom. The topological polar surface area (TPSA) is 210 Å². The molecule has 1 aliphatic heterocycles. The van der Waals surface area contributed by atoms with Crippen molar-refractivity contribution in [2.75, 3.05) is 24.2 Å². The minimum absolute atomic E-state index is 0.0442. The molecule has 298 valence electrons. The minimum atomic E-state index is -3.92. The summed E-state index contributed by atoms with van der Waals surface area (Å²) in [5, 5.41) is 10.8. The summed E-state index contributed by atoms with van der Waals surface area (Å²) < 4.78 is 53.0. The maximum Gasteiger partial charge on any atom is 0.408 e. The van der Waals surface area contributed by atoms with Crippen molar-refractivity contribution in [3.63, 3.8) is 0 Å². The van der Waals surface area contributed by atoms with Gasteiger partial charge in [-0.3, -0.25) is 19.1 Å². The molecule has 5 N–H and O–H groups in total. The number of anilines is 3. The van der Waals surface area contributed by atoms with E-state index in [2.05, 4.69) is 42.5 Å². The lowest BCUT2D eigenvalue weighted by atomic mass is 9.85. The van der Waals surface area contributed by atoms with Crippen molar-refractivity contribution in [1.29, 1.82) is 0 Å². The van der Waals surface area contributed by atoms with Crippen molar-refractivity contribution in [2.45, 2.75) is 107 Å². The predicted octanol–water partition coefficient (Wildman–Crippen LogP) is 3.50. The molecule has 1 aromatic carbocycles. The molecule has 1 saturated heterocycles. The van der Waals surface area contributed by atoms with Crippen LogP contribution in [0.1, 0.15) is 72.1 Å². The third kappa shape index (κ3) is 9.28. The zero-order valence-corrected chi connectivity index (χ0v) is 32.2. The van der Waals surface area contributed by atoms with Gasteiger partial charge in [0.1, 0.15) is 41.5 Å². The van der Waals surface area contributed by atoms with Gasteiger partial charge in [-0.05, 0) is 74.6 Å². The van der Waals surface area contributed by atoms with Gasteiger partial charge in [0.2, 0.25) is 33.7 Å². The molecule has 0 radical (unpaired) electrons. The van der Waals surface area contributed by atoms with E-state index in [0.29, 0.717) is 24.3 Å². The first-order valence-corrected chi connectivity index (χ1v) is 20.1. The fraction of sp³-hybridized carbons (Fsp3) is 0.568. The molecular formula is C37H49FN8O8S. The molecule has 2 aromatic rings. The molecule has 0 bridgehead atoms. The van der Waals surface area contributed by atoms with Gasteiger partial charge < -0.3 is 35.6 Å². The maximum atomic E-state index is 14.5. The lowest BCUT2D eigenvalue weighted by Gasteiger charge is -2.35. The van der Waals surface area contributed by atoms with Crippen LogP contribution in [-0.2, 0) is 29.1 Å². The molecule has 3 aliphatic carbocycles. The number of rotatable bonds is 14. The number of nitrogens with one attached hydrogen (secondary N) is 5. The van der Waals surface area contributed by atoms with Crippen molar-refractivity contribution in [3.05, 3.63) is 48.8 Å². The number of nitrogens with zero attached hydrogens (tertiary/aromatic N) is 3. The highest BCUT2D eigenvalue weighted by atomic mass is 32.2. The highest BCUT2D eigenvalue weighted by Gasteiger charge is 2.62. The molecule has 18 heteroatoms. The Labute approximate surface area is 319 Å². The van der Waals surface area contributed by atoms with Crippen LogP contribution in [-0.4, -0.2) is 95.8 Å². The van der Waals surface area contributed by atoms with Gasteiger partial charge in [0.05, 0.1) is 11.8 Å². The number of benzene rings is 1. The Balaban J connectivity index is 1.26. The van der Waals surface area contributed by atoms with Crippen molar-refractivity contribution < 1.29 is 41.5 Å². The molecule has 0 spiro atoms. The van der Waals surface area contributed by atoms with Crippen LogP contribution in [0.25, 0.3) is 0 Å². The van der Waals surface area contributed by atoms with Gasteiger partial charge in [0.25, 0.3) is 5.91 Å². The molecule has 6 rings (SSSR count). The number of hydrogen-bond donors (Lipinski definition) is 5. The summed E-state index contributed by atoms with van der Waals surface area (Å²) in [5.41, 5.74) is -1.90. The largest absolute Gasteiger partial charge is 0.472 e. The molecule has 55 heavy (non-hydrogen) atoms. The van der Waals surface area contributed by atoms with Crippen molar-refractivity contribution in [2.24, 2.45) is 11.3 Å². The van der Waals surface area contributed by atoms with Crippen LogP contribution >= 0.6 is 0 Å². The van der Waals surface area contributed by atoms with Crippen LogP contribution in [0.2, 0.25) is 0 Å². The fourth-order valence-corrected chi connectivity index (χ4v) is 8.38. The Kier molecular flexibility index (Phi) is 11.3. The number of amides is 4. The highest BCUT2D eigenvalue weighted by molar-refractivity contribution is 7.91. The van der Waals surface area contributed by atoms with Crippen molar-refractivity contribution >= 4 is 51.3 Å². The van der Waals surface area contributed by atoms with E-state index in [1.807, 2.05) is 0 Å². The lowest BCUT2D eigenvalue weighted by Crippen LogP contribution is -2.60. The second-order valence-electron chi connectivity index (χ2n) is 15.7. The van der Waals surface area contributed by atoms with Gasteiger partial charge in [-0.2, -0.15) is 9.97 Å². The lowest BCUT2D eigenvalue weighted by molar-refractivity contribution is -0.143. The van der Waals surface area contributed by atoms with E-state index in [4.69, 9.17) is 9.47 Å². The van der Waals surface area contributed by atoms with Crippen LogP contribution in [0.4, 0.5) is 26.6 Å². The number of carbonyl (C=O) groups excluding carboxylic acids is 4. The predicted molar refractivity (Wildman–Crippen MR) is 200 cm³/mol. The zero-order chi connectivity index (χ0) is 39.7. The Morgan fingerprint density at radius 1 is 1.05 bits per heavy atom. The number of halogens is 1. The number of carbonyl (C=O) groups is 4. The van der Waals surface area contributed by atoms with Gasteiger partial charge in [0.15, 0.2) is 0 Å². The molecule has 4 amide bonds. The van der Waals surface area contributed by atoms with Crippen molar-refractivity contribution in [3.8, 4) is 5.88 Å². The third-order valence-electron chi connectivity index (χ3n) is 10.4. The average Bonchev–Trinajstić information content (AvgIpc) is 4.01. The number of likely N-dealkylation sites (tertiary alicyclic amines) is 1. The first-order valence-electron chi connectivity index (χ1n) is 18.6. The Bertz CT molecular complexity index is 1920. The molecule has 4 aliphatic rings. The summed E-state index contributed by atoms with van der Waals surface area (Å²) in [4.78, 5) is 65.6. The summed E-state index contributed by atoms with van der Waals surface area (Å²) in [6, 6.07) is 4.81. The van der Waals surface area contributed by atoms with E-state index in [0.717, 1.165) is 25.7 Å². The number of hydrogen-bond acceptors (Lipinski definition) is 12. The van der Waals surface area contributed by atoms with Gasteiger partial charge in [0, 0.05) is 31.1 Å². The SMILES string of the molecule is C=C[C@@H]1C[C@]1(NC(=O)[C@@H]1C[C@@H](Oc2cc(NC)nc(Nc3ccc(F)cc3)n2)CN1C(=O)[C@@H](NC(=O)OC1CCCC1)C(C)(C)C)C(=O)NS(=O)(=O)C1CC1. The van der Waals surface area contributed by atoms with Crippen molar-refractivity contribution in [1.82, 2.24) is 30.2 Å². The summed E-state index contributed by atoms with van der Waals surface area (Å²) in [5.74, 6) is -2.51. The van der Waals surface area contributed by atoms with E-state index >= 15 is 0 Å². The molecular weight excluding hydrogens is 736 g/mol. The van der Waals surface area contributed by atoms with E-state index in [1.54, 1.807) is 27.8 Å². The zero-order valence-electron chi connectivity index (χ0n) is 31.4. The molecule has 4 fully saturated rings. The van der Waals surface area contributed by atoms with Gasteiger partial charge in [-0.25, -0.2) is 17.6 Å². The van der Waals surface area contributed by atoms with Crippen LogP contribution in [0.5, 0.6) is 5.88 Å². The van der Waals surface area contributed by atoms with Crippen LogP contribution in [0.3, 0.4) is 0 Å². The summed E-state index contributed by atoms with van der Waals surface area (Å²) in [6.45, 7) is 8.98. The molecule has 5 atom stereocenters. The molecule has 3 saturated carbocycles. The monoisotopic (exact) mass is 784 g/mol. The first kappa shape index (κ1) is 39.7. The van der Waals surface area contributed by atoms with Crippen LogP contribution in [0.15, 0.2) is 43.0 Å². The van der Waals surface area contributed by atoms with Crippen LogP contribution < -0.4 is 30.7 Å². The number of sulfonamides is 1. The summed E-state index contributed by atoms with van der Waals surface area (Å²) in [7, 11) is -2.27. The highest BCUT2D eigenvalue weighted by Crippen LogP contribution is 2.45. The van der Waals surface area contributed by atoms with Crippen LogP contribution in [0, 0.1) is 17.2 Å². The molecule has 2 heterocycles. The smallest absolute Gasteiger partial charge is 0.408 e. The summed E-state index contributed by atoms with van der Waals surface area (Å²) >= 11 is 0. The minimum Gasteiger partial charge on any atom is -0.472 e. The number of alkyl carbamates (subject to hydrolysis) is 1. The molecule has 16 nitrogen and oxygen atoms in total. The molecule has 0 unspecified atom stereocenters. The fourth-order valence-electron chi connectivity index (χ4n) is 7.02. The van der Waals surface area contributed by atoms with E-state index in [9.17, 15) is 32.0 Å². The average molecular weight is 785 g/mol. The Morgan fingerprint density at radius 3 is 2.35 bits per heavy atom. The van der Waals surface area contributed by atoms with E-state index in [1.165, 1.54) is 41.3 Å². The normalized spacial score (nSPS) is 24.3. The second-order valence-corrected chi connectivity index (χ2v) is 17.7. The van der Waals surface area contributed by atoms with Gasteiger partial charge >= 0.3 is 6.09 Å². The Hall–Kier alpha value is -5.00. The first-order chi connectivity index (χ1) is 26.0. The summed E-state index contributed by atoms with van der Waals surface area (Å²) in [6.07, 6.45) is 3.98. The number of aromatic nitrogens is 2. The van der Waals surface area contributed by atoms with E-state index in [-0.39, 0.29) is 37.3 Å². The van der Waals surface area contributed by atoms with Gasteiger partial charge in [-0.1, -0.05) is 26.8 Å². The second kappa shape index (κ2) is 15.6. The van der Waals surface area contributed by atoms with Gasteiger partial charge in [-0.15, -0.1) is 6.58 Å². The van der Waals surface area contributed by atoms with E-state index < -0.39 is 80.0 Å². The quantitative estimate of drug-likeness (QED) is 0.174. The standard InChI is InChI=1S/C37H49FN8O8S/c1-6-21-19-37(21,33(49)45-55(51,52)26-15-16-26)44-31(47)27-17-25(53-29-18-28(39-5)41-34(42-29)40-23-13-11-22(38)12-14-23)20-46(27)32(48)30(36(2,3)4)43-35(50)54-24-9-7-8-10-24/h6,11-14,18,21,24-27,30H,1,7-10,15-17,19-20H2,2-5H3,(H,43,50)(H,44,47)(H,45,49)(H2,39,40,41,42)/t21-,25-,27+,30-,37-/m1/s1. The molecule has 1 aromatic heterocycles. The maximum absolute atomic E-state index is 14.5. The number of ether oxygens (including phenoxy) is 2.